The largest absolute Gasteiger partial charge is 0.385 e. The third-order valence-corrected chi connectivity index (χ3v) is 4.39. The highest BCUT2D eigenvalue weighted by Gasteiger charge is 2.32. The van der Waals surface area contributed by atoms with Gasteiger partial charge in [0.05, 0.1) is 5.71 Å². The van der Waals surface area contributed by atoms with Crippen LogP contribution in [0.5, 0.6) is 0 Å². The maximum atomic E-state index is 5.74. The molecule has 0 amide bonds. The quantitative estimate of drug-likeness (QED) is 0.631. The van der Waals surface area contributed by atoms with Gasteiger partial charge in [0.15, 0.2) is 5.60 Å². The van der Waals surface area contributed by atoms with Crippen molar-refractivity contribution in [2.45, 2.75) is 18.9 Å². The van der Waals surface area contributed by atoms with Gasteiger partial charge in [0.25, 0.3) is 0 Å². The molecule has 0 saturated carbocycles. The summed E-state index contributed by atoms with van der Waals surface area (Å²) in [6.45, 7) is 2.07. The minimum atomic E-state index is -0.392. The van der Waals surface area contributed by atoms with Gasteiger partial charge in [-0.2, -0.15) is 0 Å². The predicted octanol–water partition coefficient (Wildman–Crippen LogP) is 5.44. The van der Waals surface area contributed by atoms with Crippen LogP contribution >= 0.6 is 0 Å². The number of hydrogen-bond donors (Lipinski definition) is 0. The second kappa shape index (κ2) is 5.97. The van der Waals surface area contributed by atoms with Gasteiger partial charge in [-0.25, -0.2) is 0 Å². The fraction of sp³-hybridized carbons (Fsp3) is 0.136. The molecule has 0 spiro atoms. The molecule has 4 rings (SSSR count). The molecular weight excluding hydrogens is 294 g/mol. The summed E-state index contributed by atoms with van der Waals surface area (Å²) in [5.41, 5.74) is 2.91. The normalized spacial score (nSPS) is 20.3. The number of oxime groups is 1. The third kappa shape index (κ3) is 2.95. The smallest absolute Gasteiger partial charge is 0.159 e. The molecule has 24 heavy (non-hydrogen) atoms. The highest BCUT2D eigenvalue weighted by molar-refractivity contribution is 6.04. The number of nitrogens with zero attached hydrogens (tertiary/aromatic N) is 1. The molecule has 0 bridgehead atoms. The number of benzene rings is 3. The van der Waals surface area contributed by atoms with E-state index in [0.29, 0.717) is 0 Å². The van der Waals surface area contributed by atoms with Crippen molar-refractivity contribution in [3.05, 3.63) is 90.0 Å². The molecule has 2 nitrogen and oxygen atoms in total. The SMILES string of the molecule is CC1(/C=C/c2ccccc2)CC(c2ccc3ccccc3c2)=NO1. The molecule has 118 valence electrons. The van der Waals surface area contributed by atoms with Crippen LogP contribution in [0.3, 0.4) is 0 Å². The maximum absolute atomic E-state index is 5.74. The molecule has 0 N–H and O–H groups in total. The van der Waals surface area contributed by atoms with Crippen LogP contribution in [0.25, 0.3) is 16.8 Å². The topological polar surface area (TPSA) is 21.6 Å². The van der Waals surface area contributed by atoms with Crippen LogP contribution in [0.1, 0.15) is 24.5 Å². The van der Waals surface area contributed by atoms with Gasteiger partial charge in [0, 0.05) is 12.0 Å². The van der Waals surface area contributed by atoms with Gasteiger partial charge < -0.3 is 4.84 Å². The second-order valence-corrected chi connectivity index (χ2v) is 6.42. The van der Waals surface area contributed by atoms with Crippen molar-refractivity contribution in [1.82, 2.24) is 0 Å². The zero-order valence-corrected chi connectivity index (χ0v) is 13.6. The molecule has 1 unspecified atom stereocenters. The molecule has 0 aliphatic carbocycles. The van der Waals surface area contributed by atoms with Crippen LogP contribution in [-0.2, 0) is 4.84 Å². The molecule has 1 heterocycles. The van der Waals surface area contributed by atoms with E-state index in [9.17, 15) is 0 Å². The van der Waals surface area contributed by atoms with Crippen LogP contribution in [0.15, 0.2) is 84.0 Å². The fourth-order valence-corrected chi connectivity index (χ4v) is 3.01. The van der Waals surface area contributed by atoms with E-state index in [4.69, 9.17) is 4.84 Å². The molecule has 1 aliphatic rings. The van der Waals surface area contributed by atoms with Gasteiger partial charge >= 0.3 is 0 Å². The summed E-state index contributed by atoms with van der Waals surface area (Å²) in [4.78, 5) is 5.74. The second-order valence-electron chi connectivity index (χ2n) is 6.42. The van der Waals surface area contributed by atoms with E-state index in [2.05, 4.69) is 78.8 Å². The molecule has 0 fully saturated rings. The molecule has 3 aromatic carbocycles. The van der Waals surface area contributed by atoms with E-state index in [-0.39, 0.29) is 0 Å². The lowest BCUT2D eigenvalue weighted by molar-refractivity contribution is 0.0369. The number of fused-ring (bicyclic) bond motifs is 1. The Hall–Kier alpha value is -2.87. The summed E-state index contributed by atoms with van der Waals surface area (Å²) >= 11 is 0. The molecule has 0 saturated heterocycles. The lowest BCUT2D eigenvalue weighted by Crippen LogP contribution is -2.21. The van der Waals surface area contributed by atoms with Gasteiger partial charge in [0.1, 0.15) is 0 Å². The molecule has 0 aromatic heterocycles. The highest BCUT2D eigenvalue weighted by Crippen LogP contribution is 2.29. The fourth-order valence-electron chi connectivity index (χ4n) is 3.01. The summed E-state index contributed by atoms with van der Waals surface area (Å²) in [6, 6.07) is 25.1. The monoisotopic (exact) mass is 313 g/mol. The van der Waals surface area contributed by atoms with Gasteiger partial charge in [-0.05, 0) is 35.4 Å². The van der Waals surface area contributed by atoms with Crippen LogP contribution in [0.2, 0.25) is 0 Å². The molecule has 0 radical (unpaired) electrons. The van der Waals surface area contributed by atoms with Crippen molar-refractivity contribution in [2.75, 3.05) is 0 Å². The van der Waals surface area contributed by atoms with Crippen LogP contribution in [0, 0.1) is 0 Å². The average Bonchev–Trinajstić information content (AvgIpc) is 3.03. The van der Waals surface area contributed by atoms with E-state index in [1.165, 1.54) is 16.3 Å². The standard InChI is InChI=1S/C22H19NO/c1-22(14-13-17-7-3-2-4-8-17)16-21(23-24-22)20-12-11-18-9-5-6-10-19(18)15-20/h2-15H,16H2,1H3/b14-13+. The van der Waals surface area contributed by atoms with Crippen molar-refractivity contribution in [2.24, 2.45) is 5.16 Å². The third-order valence-electron chi connectivity index (χ3n) is 4.39. The predicted molar refractivity (Wildman–Crippen MR) is 100 cm³/mol. The first kappa shape index (κ1) is 14.7. The summed E-state index contributed by atoms with van der Waals surface area (Å²) in [5.74, 6) is 0. The molecule has 1 atom stereocenters. The molecular formula is C22H19NO. The van der Waals surface area contributed by atoms with Gasteiger partial charge in [-0.3, -0.25) is 0 Å². The highest BCUT2D eigenvalue weighted by atomic mass is 16.7. The van der Waals surface area contributed by atoms with Gasteiger partial charge in [-0.1, -0.05) is 78.0 Å². The van der Waals surface area contributed by atoms with Gasteiger partial charge in [-0.15, -0.1) is 0 Å². The van der Waals surface area contributed by atoms with Gasteiger partial charge in [0.2, 0.25) is 0 Å². The molecule has 3 aromatic rings. The van der Waals surface area contributed by atoms with Crippen molar-refractivity contribution < 1.29 is 4.84 Å². The summed E-state index contributed by atoms with van der Waals surface area (Å²) in [7, 11) is 0. The lowest BCUT2D eigenvalue weighted by atomic mass is 9.94. The van der Waals surface area contributed by atoms with E-state index in [0.717, 1.165) is 17.7 Å². The summed E-state index contributed by atoms with van der Waals surface area (Å²) in [5, 5.41) is 6.81. The summed E-state index contributed by atoms with van der Waals surface area (Å²) in [6.07, 6.45) is 4.97. The van der Waals surface area contributed by atoms with E-state index >= 15 is 0 Å². The molecule has 2 heteroatoms. The Morgan fingerprint density at radius 3 is 2.50 bits per heavy atom. The Bertz CT molecular complexity index is 927. The van der Waals surface area contributed by atoms with Crippen molar-refractivity contribution in [3.63, 3.8) is 0 Å². The van der Waals surface area contributed by atoms with Crippen LogP contribution < -0.4 is 0 Å². The maximum Gasteiger partial charge on any atom is 0.159 e. The zero-order valence-electron chi connectivity index (χ0n) is 13.6. The first-order valence-corrected chi connectivity index (χ1v) is 8.20. The van der Waals surface area contributed by atoms with Crippen molar-refractivity contribution in [3.8, 4) is 0 Å². The minimum Gasteiger partial charge on any atom is -0.385 e. The zero-order chi connectivity index (χ0) is 16.4. The minimum absolute atomic E-state index is 0.392. The number of hydrogen-bond acceptors (Lipinski definition) is 2. The Labute approximate surface area is 142 Å². The van der Waals surface area contributed by atoms with Crippen molar-refractivity contribution in [1.29, 1.82) is 0 Å². The van der Waals surface area contributed by atoms with Crippen molar-refractivity contribution >= 4 is 22.6 Å². The molecule has 1 aliphatic heterocycles. The Balaban J connectivity index is 1.55. The Morgan fingerprint density at radius 1 is 0.917 bits per heavy atom. The Morgan fingerprint density at radius 2 is 1.67 bits per heavy atom. The van der Waals surface area contributed by atoms with E-state index in [1.54, 1.807) is 0 Å². The lowest BCUT2D eigenvalue weighted by Gasteiger charge is -2.16. The summed E-state index contributed by atoms with van der Waals surface area (Å²) < 4.78 is 0. The first-order chi connectivity index (χ1) is 11.7. The van der Waals surface area contributed by atoms with E-state index < -0.39 is 5.60 Å². The Kier molecular flexibility index (Phi) is 3.66. The van der Waals surface area contributed by atoms with Crippen LogP contribution in [0.4, 0.5) is 0 Å². The van der Waals surface area contributed by atoms with E-state index in [1.807, 2.05) is 18.2 Å². The first-order valence-electron chi connectivity index (χ1n) is 8.20. The average molecular weight is 313 g/mol. The number of rotatable bonds is 3. The van der Waals surface area contributed by atoms with Crippen LogP contribution in [-0.4, -0.2) is 11.3 Å².